The molecule has 0 spiro atoms. The maximum atomic E-state index is 12.5. The van der Waals surface area contributed by atoms with E-state index in [1.54, 1.807) is 42.7 Å². The molecule has 0 aliphatic heterocycles. The zero-order chi connectivity index (χ0) is 17.2. The third kappa shape index (κ3) is 3.84. The number of hydrogen-bond acceptors (Lipinski definition) is 4. The van der Waals surface area contributed by atoms with Crippen LogP contribution >= 0.6 is 22.9 Å². The Bertz CT molecular complexity index is 954. The lowest BCUT2D eigenvalue weighted by Crippen LogP contribution is -2.24. The maximum absolute atomic E-state index is 12.5. The number of halogens is 1. The van der Waals surface area contributed by atoms with Crippen LogP contribution in [0.4, 0.5) is 0 Å². The summed E-state index contributed by atoms with van der Waals surface area (Å²) < 4.78 is 27.6. The van der Waals surface area contributed by atoms with Crippen LogP contribution in [-0.2, 0) is 16.6 Å². The molecule has 3 aromatic rings. The number of sulfonamides is 1. The minimum absolute atomic E-state index is 0.188. The van der Waals surface area contributed by atoms with Gasteiger partial charge in [-0.1, -0.05) is 17.7 Å². The summed E-state index contributed by atoms with van der Waals surface area (Å²) in [6.07, 6.45) is 1.68. The van der Waals surface area contributed by atoms with E-state index < -0.39 is 10.0 Å². The second kappa shape index (κ2) is 7.03. The van der Waals surface area contributed by atoms with E-state index in [1.165, 1.54) is 6.07 Å². The lowest BCUT2D eigenvalue weighted by molar-refractivity contribution is 0.580. The summed E-state index contributed by atoms with van der Waals surface area (Å²) in [5, 5.41) is 4.38. The van der Waals surface area contributed by atoms with E-state index in [2.05, 4.69) is 9.71 Å². The minimum Gasteiger partial charge on any atom is -0.256 e. The van der Waals surface area contributed by atoms with E-state index in [-0.39, 0.29) is 11.4 Å². The number of thiophene rings is 1. The van der Waals surface area contributed by atoms with Gasteiger partial charge in [0.25, 0.3) is 0 Å². The first kappa shape index (κ1) is 17.1. The summed E-state index contributed by atoms with van der Waals surface area (Å²) in [7, 11) is -3.63. The molecule has 0 unspecified atom stereocenters. The summed E-state index contributed by atoms with van der Waals surface area (Å²) in [6, 6.07) is 10.5. The molecular weight excluding hydrogens is 364 g/mol. The molecule has 0 bridgehead atoms. The molecule has 124 valence electrons. The fraction of sp³-hybridized carbons (Fsp3) is 0.118. The molecule has 4 nitrogen and oxygen atoms in total. The van der Waals surface area contributed by atoms with Crippen LogP contribution in [0.3, 0.4) is 0 Å². The van der Waals surface area contributed by atoms with Crippen LogP contribution in [0.25, 0.3) is 11.3 Å². The van der Waals surface area contributed by atoms with Crippen molar-refractivity contribution in [2.24, 2.45) is 0 Å². The predicted octanol–water partition coefficient (Wildman–Crippen LogP) is 4.25. The van der Waals surface area contributed by atoms with Crippen LogP contribution in [-0.4, -0.2) is 13.4 Å². The molecule has 0 atom stereocenters. The van der Waals surface area contributed by atoms with E-state index >= 15 is 0 Å². The molecule has 1 N–H and O–H groups in total. The first-order valence-electron chi connectivity index (χ1n) is 7.19. The number of rotatable bonds is 5. The SMILES string of the molecule is Cc1ccc(Cl)cc1S(=O)(=O)NCc1ccnc(-c2ccsc2)c1. The highest BCUT2D eigenvalue weighted by molar-refractivity contribution is 7.89. The van der Waals surface area contributed by atoms with Gasteiger partial charge in [0.15, 0.2) is 0 Å². The van der Waals surface area contributed by atoms with Crippen molar-refractivity contribution in [3.63, 3.8) is 0 Å². The standard InChI is InChI=1S/C17H15ClN2O2S2/c1-12-2-3-15(18)9-17(12)24(21,22)20-10-13-4-6-19-16(8-13)14-5-7-23-11-14/h2-9,11,20H,10H2,1H3. The van der Waals surface area contributed by atoms with Crippen LogP contribution < -0.4 is 4.72 Å². The summed E-state index contributed by atoms with van der Waals surface area (Å²) >= 11 is 7.51. The molecule has 24 heavy (non-hydrogen) atoms. The van der Waals surface area contributed by atoms with Gasteiger partial charge in [-0.05, 0) is 53.8 Å². The van der Waals surface area contributed by atoms with Crippen LogP contribution in [0.5, 0.6) is 0 Å². The number of hydrogen-bond donors (Lipinski definition) is 1. The quantitative estimate of drug-likeness (QED) is 0.722. The van der Waals surface area contributed by atoms with Crippen molar-refractivity contribution in [3.05, 3.63) is 69.5 Å². The van der Waals surface area contributed by atoms with Gasteiger partial charge < -0.3 is 0 Å². The number of aromatic nitrogens is 1. The van der Waals surface area contributed by atoms with Crippen LogP contribution in [0.1, 0.15) is 11.1 Å². The molecule has 1 aromatic carbocycles. The van der Waals surface area contributed by atoms with Gasteiger partial charge in [0.2, 0.25) is 10.0 Å². The summed E-state index contributed by atoms with van der Waals surface area (Å²) in [5.41, 5.74) is 3.34. The number of aryl methyl sites for hydroxylation is 1. The van der Waals surface area contributed by atoms with E-state index in [0.717, 1.165) is 16.8 Å². The van der Waals surface area contributed by atoms with Crippen molar-refractivity contribution in [2.75, 3.05) is 0 Å². The first-order chi connectivity index (χ1) is 11.5. The highest BCUT2D eigenvalue weighted by Crippen LogP contribution is 2.22. The Hall–Kier alpha value is -1.73. The molecule has 0 radical (unpaired) electrons. The number of nitrogens with zero attached hydrogens (tertiary/aromatic N) is 1. The zero-order valence-electron chi connectivity index (χ0n) is 12.9. The molecule has 7 heteroatoms. The van der Waals surface area contributed by atoms with E-state index in [9.17, 15) is 8.42 Å². The van der Waals surface area contributed by atoms with E-state index in [0.29, 0.717) is 10.6 Å². The molecule has 0 aliphatic rings. The topological polar surface area (TPSA) is 59.1 Å². The zero-order valence-corrected chi connectivity index (χ0v) is 15.3. The molecular formula is C17H15ClN2O2S2. The monoisotopic (exact) mass is 378 g/mol. The molecule has 0 amide bonds. The second-order valence-electron chi connectivity index (χ2n) is 5.30. The summed E-state index contributed by atoms with van der Waals surface area (Å²) in [6.45, 7) is 1.93. The molecule has 0 saturated carbocycles. The highest BCUT2D eigenvalue weighted by Gasteiger charge is 2.17. The third-order valence-electron chi connectivity index (χ3n) is 3.55. The Kier molecular flexibility index (Phi) is 5.01. The van der Waals surface area contributed by atoms with Gasteiger partial charge in [-0.2, -0.15) is 11.3 Å². The van der Waals surface area contributed by atoms with Crippen molar-refractivity contribution in [1.29, 1.82) is 0 Å². The maximum Gasteiger partial charge on any atom is 0.241 e. The van der Waals surface area contributed by atoms with Crippen LogP contribution in [0, 0.1) is 6.92 Å². The van der Waals surface area contributed by atoms with Gasteiger partial charge >= 0.3 is 0 Å². The van der Waals surface area contributed by atoms with Gasteiger partial charge in [0.05, 0.1) is 10.6 Å². The number of nitrogens with one attached hydrogen (secondary N) is 1. The predicted molar refractivity (Wildman–Crippen MR) is 97.8 cm³/mol. The van der Waals surface area contributed by atoms with E-state index in [1.807, 2.05) is 22.9 Å². The van der Waals surface area contributed by atoms with Crippen LogP contribution in [0.2, 0.25) is 5.02 Å². The highest BCUT2D eigenvalue weighted by atomic mass is 35.5. The number of pyridine rings is 1. The smallest absolute Gasteiger partial charge is 0.241 e. The molecule has 3 rings (SSSR count). The first-order valence-corrected chi connectivity index (χ1v) is 9.99. The Morgan fingerprint density at radius 3 is 2.79 bits per heavy atom. The molecule has 0 saturated heterocycles. The van der Waals surface area contributed by atoms with Gasteiger partial charge in [-0.15, -0.1) is 0 Å². The van der Waals surface area contributed by atoms with Gasteiger partial charge in [-0.25, -0.2) is 13.1 Å². The van der Waals surface area contributed by atoms with Crippen molar-refractivity contribution >= 4 is 33.0 Å². The van der Waals surface area contributed by atoms with Crippen LogP contribution in [0.15, 0.2) is 58.3 Å². The van der Waals surface area contributed by atoms with Gasteiger partial charge in [0.1, 0.15) is 0 Å². The summed E-state index contributed by atoms with van der Waals surface area (Å²) in [5.74, 6) is 0. The minimum atomic E-state index is -3.63. The fourth-order valence-corrected chi connectivity index (χ4v) is 4.44. The van der Waals surface area contributed by atoms with Gasteiger partial charge in [0, 0.05) is 28.7 Å². The van der Waals surface area contributed by atoms with E-state index in [4.69, 9.17) is 11.6 Å². The molecule has 2 heterocycles. The lowest BCUT2D eigenvalue weighted by atomic mass is 10.1. The normalized spacial score (nSPS) is 11.6. The molecule has 0 fully saturated rings. The third-order valence-corrected chi connectivity index (χ3v) is 6.01. The van der Waals surface area contributed by atoms with Crippen molar-refractivity contribution in [2.45, 2.75) is 18.4 Å². The van der Waals surface area contributed by atoms with Crippen molar-refractivity contribution in [3.8, 4) is 11.3 Å². The molecule has 2 aromatic heterocycles. The summed E-state index contributed by atoms with van der Waals surface area (Å²) in [4.78, 5) is 4.52. The van der Waals surface area contributed by atoms with Gasteiger partial charge in [-0.3, -0.25) is 4.98 Å². The average Bonchev–Trinajstić information content (AvgIpc) is 3.10. The Labute approximate surface area is 150 Å². The molecule has 0 aliphatic carbocycles. The average molecular weight is 379 g/mol. The fourth-order valence-electron chi connectivity index (χ4n) is 2.27. The largest absolute Gasteiger partial charge is 0.256 e. The number of benzene rings is 1. The Balaban J connectivity index is 1.80. The Morgan fingerprint density at radius 1 is 1.21 bits per heavy atom. The lowest BCUT2D eigenvalue weighted by Gasteiger charge is -2.10. The van der Waals surface area contributed by atoms with Crippen molar-refractivity contribution < 1.29 is 8.42 Å². The van der Waals surface area contributed by atoms with Crippen molar-refractivity contribution in [1.82, 2.24) is 9.71 Å². The second-order valence-corrected chi connectivity index (χ2v) is 8.25. The Morgan fingerprint density at radius 2 is 2.04 bits per heavy atom.